The fraction of sp³-hybridized carbons (Fsp3) is 0.294. The van der Waals surface area contributed by atoms with E-state index in [0.29, 0.717) is 6.54 Å². The number of nitrogens with zero attached hydrogens (tertiary/aromatic N) is 1. The molecular weight excluding hydrogens is 294 g/mol. The van der Waals surface area contributed by atoms with Crippen molar-refractivity contribution in [2.75, 3.05) is 18.9 Å². The van der Waals surface area contributed by atoms with Crippen LogP contribution in [0.25, 0.3) is 0 Å². The SMILES string of the molecule is CNCC(C)C(=O)Nc1ccc(SCc2cccnc2)cc1. The van der Waals surface area contributed by atoms with Gasteiger partial charge in [-0.15, -0.1) is 11.8 Å². The van der Waals surface area contributed by atoms with Crippen molar-refractivity contribution in [2.45, 2.75) is 17.6 Å². The molecule has 0 aliphatic heterocycles. The minimum Gasteiger partial charge on any atom is -0.326 e. The Bertz CT molecular complexity index is 587. The van der Waals surface area contributed by atoms with Crippen molar-refractivity contribution in [3.63, 3.8) is 0 Å². The molecule has 5 heteroatoms. The molecule has 0 spiro atoms. The molecule has 0 aliphatic rings. The molecule has 0 fully saturated rings. The zero-order chi connectivity index (χ0) is 15.8. The number of nitrogens with one attached hydrogen (secondary N) is 2. The third-order valence-corrected chi connectivity index (χ3v) is 4.29. The molecule has 0 radical (unpaired) electrons. The summed E-state index contributed by atoms with van der Waals surface area (Å²) in [7, 11) is 1.85. The minimum atomic E-state index is -0.0513. The predicted molar refractivity (Wildman–Crippen MR) is 92.0 cm³/mol. The van der Waals surface area contributed by atoms with Crippen LogP contribution < -0.4 is 10.6 Å². The van der Waals surface area contributed by atoms with Crippen LogP contribution in [0.5, 0.6) is 0 Å². The fourth-order valence-corrected chi connectivity index (χ4v) is 2.78. The van der Waals surface area contributed by atoms with Crippen molar-refractivity contribution < 1.29 is 4.79 Å². The normalized spacial score (nSPS) is 11.9. The molecule has 0 saturated heterocycles. The molecule has 2 N–H and O–H groups in total. The standard InChI is InChI=1S/C17H21N3OS/c1-13(10-18-2)17(21)20-15-5-7-16(8-6-15)22-12-14-4-3-9-19-11-14/h3-9,11,13,18H,10,12H2,1-2H3,(H,20,21). The van der Waals surface area contributed by atoms with Gasteiger partial charge < -0.3 is 10.6 Å². The van der Waals surface area contributed by atoms with E-state index in [2.05, 4.69) is 21.7 Å². The minimum absolute atomic E-state index is 0.0325. The molecule has 1 atom stereocenters. The smallest absolute Gasteiger partial charge is 0.228 e. The van der Waals surface area contributed by atoms with Gasteiger partial charge in [0.25, 0.3) is 0 Å². The van der Waals surface area contributed by atoms with Crippen LogP contribution in [-0.2, 0) is 10.5 Å². The first-order chi connectivity index (χ1) is 10.7. The summed E-state index contributed by atoms with van der Waals surface area (Å²) in [5.74, 6) is 0.869. The monoisotopic (exact) mass is 315 g/mol. The average Bonchev–Trinajstić information content (AvgIpc) is 2.55. The Morgan fingerprint density at radius 2 is 2.05 bits per heavy atom. The number of amides is 1. The van der Waals surface area contributed by atoms with Gasteiger partial charge in [-0.1, -0.05) is 13.0 Å². The summed E-state index contributed by atoms with van der Waals surface area (Å²) in [5, 5.41) is 5.94. The van der Waals surface area contributed by atoms with Gasteiger partial charge in [-0.3, -0.25) is 9.78 Å². The van der Waals surface area contributed by atoms with Crippen molar-refractivity contribution >= 4 is 23.4 Å². The van der Waals surface area contributed by atoms with Crippen molar-refractivity contribution in [1.29, 1.82) is 0 Å². The van der Waals surface area contributed by atoms with Gasteiger partial charge in [0.15, 0.2) is 0 Å². The predicted octanol–water partition coefficient (Wildman–Crippen LogP) is 3.17. The molecule has 116 valence electrons. The van der Waals surface area contributed by atoms with E-state index in [1.807, 2.05) is 50.5 Å². The van der Waals surface area contributed by atoms with E-state index in [0.717, 1.165) is 11.4 Å². The molecular formula is C17H21N3OS. The maximum Gasteiger partial charge on any atom is 0.228 e. The van der Waals surface area contributed by atoms with E-state index in [4.69, 9.17) is 0 Å². The lowest BCUT2D eigenvalue weighted by atomic mass is 10.1. The Hall–Kier alpha value is -1.85. The number of carbonyl (C=O) groups excluding carboxylic acids is 1. The maximum atomic E-state index is 11.9. The van der Waals surface area contributed by atoms with Crippen molar-refractivity contribution in [1.82, 2.24) is 10.3 Å². The first kappa shape index (κ1) is 16.5. The summed E-state index contributed by atoms with van der Waals surface area (Å²) in [6, 6.07) is 11.9. The topological polar surface area (TPSA) is 54.0 Å². The van der Waals surface area contributed by atoms with Gasteiger partial charge >= 0.3 is 0 Å². The highest BCUT2D eigenvalue weighted by Gasteiger charge is 2.11. The third-order valence-electron chi connectivity index (χ3n) is 3.21. The van der Waals surface area contributed by atoms with E-state index in [1.54, 1.807) is 18.0 Å². The number of benzene rings is 1. The molecule has 0 aliphatic carbocycles. The Balaban J connectivity index is 1.86. The fourth-order valence-electron chi connectivity index (χ4n) is 1.95. The number of anilines is 1. The zero-order valence-electron chi connectivity index (χ0n) is 12.9. The van der Waals surface area contributed by atoms with E-state index >= 15 is 0 Å². The lowest BCUT2D eigenvalue weighted by Gasteiger charge is -2.11. The van der Waals surface area contributed by atoms with Crippen LogP contribution in [0.1, 0.15) is 12.5 Å². The molecule has 22 heavy (non-hydrogen) atoms. The van der Waals surface area contributed by atoms with Crippen LogP contribution in [0.15, 0.2) is 53.7 Å². The second-order valence-corrected chi connectivity index (χ2v) is 6.17. The van der Waals surface area contributed by atoms with Crippen LogP contribution in [0.3, 0.4) is 0 Å². The molecule has 1 aromatic carbocycles. The molecule has 1 amide bonds. The van der Waals surface area contributed by atoms with Crippen LogP contribution in [0.2, 0.25) is 0 Å². The molecule has 0 bridgehead atoms. The Labute approximate surface area is 135 Å². The highest BCUT2D eigenvalue weighted by Crippen LogP contribution is 2.24. The second kappa shape index (κ2) is 8.56. The van der Waals surface area contributed by atoms with Gasteiger partial charge in [-0.2, -0.15) is 0 Å². The highest BCUT2D eigenvalue weighted by atomic mass is 32.2. The Morgan fingerprint density at radius 3 is 2.68 bits per heavy atom. The van der Waals surface area contributed by atoms with Gasteiger partial charge in [0, 0.05) is 41.2 Å². The van der Waals surface area contributed by atoms with Crippen LogP contribution in [0.4, 0.5) is 5.69 Å². The lowest BCUT2D eigenvalue weighted by Crippen LogP contribution is -2.28. The van der Waals surface area contributed by atoms with Gasteiger partial charge in [0.1, 0.15) is 0 Å². The van der Waals surface area contributed by atoms with Gasteiger partial charge in [0.2, 0.25) is 5.91 Å². The zero-order valence-corrected chi connectivity index (χ0v) is 13.7. The molecule has 4 nitrogen and oxygen atoms in total. The third kappa shape index (κ3) is 5.16. The van der Waals surface area contributed by atoms with E-state index < -0.39 is 0 Å². The van der Waals surface area contributed by atoms with Crippen molar-refractivity contribution in [2.24, 2.45) is 5.92 Å². The number of carbonyl (C=O) groups is 1. The van der Waals surface area contributed by atoms with Gasteiger partial charge in [0.05, 0.1) is 0 Å². The average molecular weight is 315 g/mol. The van der Waals surface area contributed by atoms with Crippen LogP contribution in [0, 0.1) is 5.92 Å². The van der Waals surface area contributed by atoms with Gasteiger partial charge in [-0.25, -0.2) is 0 Å². The molecule has 0 saturated carbocycles. The van der Waals surface area contributed by atoms with E-state index in [1.165, 1.54) is 10.5 Å². The van der Waals surface area contributed by atoms with E-state index in [-0.39, 0.29) is 11.8 Å². The second-order valence-electron chi connectivity index (χ2n) is 5.12. The Kier molecular flexibility index (Phi) is 6.43. The summed E-state index contributed by atoms with van der Waals surface area (Å²) in [6.07, 6.45) is 3.66. The lowest BCUT2D eigenvalue weighted by molar-refractivity contribution is -0.119. The number of thioether (sulfide) groups is 1. The van der Waals surface area contributed by atoms with Crippen molar-refractivity contribution in [3.8, 4) is 0 Å². The number of rotatable bonds is 7. The number of pyridine rings is 1. The highest BCUT2D eigenvalue weighted by molar-refractivity contribution is 7.98. The quantitative estimate of drug-likeness (QED) is 0.771. The largest absolute Gasteiger partial charge is 0.326 e. The molecule has 1 unspecified atom stereocenters. The molecule has 2 rings (SSSR count). The number of aromatic nitrogens is 1. The summed E-state index contributed by atoms with van der Waals surface area (Å²) >= 11 is 1.75. The summed E-state index contributed by atoms with van der Waals surface area (Å²) in [4.78, 5) is 17.2. The molecule has 1 aromatic heterocycles. The van der Waals surface area contributed by atoms with Crippen molar-refractivity contribution in [3.05, 3.63) is 54.4 Å². The van der Waals surface area contributed by atoms with Crippen LogP contribution in [-0.4, -0.2) is 24.5 Å². The summed E-state index contributed by atoms with van der Waals surface area (Å²) in [5.41, 5.74) is 2.03. The summed E-state index contributed by atoms with van der Waals surface area (Å²) < 4.78 is 0. The number of hydrogen-bond acceptors (Lipinski definition) is 4. The van der Waals surface area contributed by atoms with Gasteiger partial charge in [-0.05, 0) is 42.9 Å². The Morgan fingerprint density at radius 1 is 1.27 bits per heavy atom. The maximum absolute atomic E-state index is 11.9. The molecule has 2 aromatic rings. The van der Waals surface area contributed by atoms with E-state index in [9.17, 15) is 4.79 Å². The summed E-state index contributed by atoms with van der Waals surface area (Å²) in [6.45, 7) is 2.58. The number of hydrogen-bond donors (Lipinski definition) is 2. The molecule has 1 heterocycles. The van der Waals surface area contributed by atoms with Crippen LogP contribution >= 0.6 is 11.8 Å². The first-order valence-electron chi connectivity index (χ1n) is 7.26. The first-order valence-corrected chi connectivity index (χ1v) is 8.25.